The highest BCUT2D eigenvalue weighted by Gasteiger charge is 2.22. The molecule has 1 unspecified atom stereocenters. The lowest BCUT2D eigenvalue weighted by atomic mass is 10.1. The molecular formula is C12H15N3O3. The van der Waals surface area contributed by atoms with Gasteiger partial charge in [0.15, 0.2) is 0 Å². The summed E-state index contributed by atoms with van der Waals surface area (Å²) in [6.45, 7) is 3.61. The number of ether oxygens (including phenoxy) is 1. The van der Waals surface area contributed by atoms with Crippen LogP contribution in [0.2, 0.25) is 0 Å². The Kier molecular flexibility index (Phi) is 4.23. The molecule has 1 rings (SSSR count). The smallest absolute Gasteiger partial charge is 0.269 e. The summed E-state index contributed by atoms with van der Waals surface area (Å²) < 4.78 is 5.51. The van der Waals surface area contributed by atoms with Crippen molar-refractivity contribution < 1.29 is 9.66 Å². The van der Waals surface area contributed by atoms with Crippen molar-refractivity contribution in [1.82, 2.24) is 5.32 Å². The Morgan fingerprint density at radius 2 is 2.28 bits per heavy atom. The van der Waals surface area contributed by atoms with Crippen molar-refractivity contribution >= 4 is 5.69 Å². The van der Waals surface area contributed by atoms with Crippen LogP contribution in [0.1, 0.15) is 12.5 Å². The average Bonchev–Trinajstić information content (AvgIpc) is 2.36. The highest BCUT2D eigenvalue weighted by Crippen LogP contribution is 2.23. The Hall–Kier alpha value is -2.13. The Balaban J connectivity index is 2.81. The van der Waals surface area contributed by atoms with Gasteiger partial charge < -0.3 is 4.74 Å². The molecule has 1 atom stereocenters. The number of aryl methyl sites for hydroxylation is 1. The van der Waals surface area contributed by atoms with E-state index in [1.165, 1.54) is 12.1 Å². The zero-order valence-corrected chi connectivity index (χ0v) is 10.6. The van der Waals surface area contributed by atoms with Crippen molar-refractivity contribution in [3.8, 4) is 11.8 Å². The number of non-ortho nitro benzene ring substituents is 1. The lowest BCUT2D eigenvalue weighted by molar-refractivity contribution is -0.384. The molecular weight excluding hydrogens is 234 g/mol. The van der Waals surface area contributed by atoms with Crippen molar-refractivity contribution in [2.75, 3.05) is 13.7 Å². The van der Waals surface area contributed by atoms with E-state index in [0.717, 1.165) is 0 Å². The summed E-state index contributed by atoms with van der Waals surface area (Å²) in [6, 6.07) is 6.47. The SMILES string of the molecule is CNC(C)(C#N)COc1ccc([N+](=O)[O-])cc1C. The molecule has 1 aromatic carbocycles. The van der Waals surface area contributed by atoms with E-state index < -0.39 is 10.5 Å². The predicted octanol–water partition coefficient (Wildman–Crippen LogP) is 1.78. The largest absolute Gasteiger partial charge is 0.490 e. The van der Waals surface area contributed by atoms with Gasteiger partial charge >= 0.3 is 0 Å². The number of hydrogen-bond donors (Lipinski definition) is 1. The Morgan fingerprint density at radius 3 is 2.72 bits per heavy atom. The molecule has 0 radical (unpaired) electrons. The second-order valence-corrected chi connectivity index (χ2v) is 4.19. The molecule has 0 aromatic heterocycles. The first kappa shape index (κ1) is 13.9. The second-order valence-electron chi connectivity index (χ2n) is 4.19. The molecule has 1 aromatic rings. The number of hydrogen-bond acceptors (Lipinski definition) is 5. The second kappa shape index (κ2) is 5.47. The molecule has 0 heterocycles. The van der Waals surface area contributed by atoms with Gasteiger partial charge in [-0.1, -0.05) is 0 Å². The van der Waals surface area contributed by atoms with Crippen LogP contribution in [-0.2, 0) is 0 Å². The molecule has 0 fully saturated rings. The van der Waals surface area contributed by atoms with Crippen molar-refractivity contribution in [3.05, 3.63) is 33.9 Å². The maximum Gasteiger partial charge on any atom is 0.269 e. The van der Waals surface area contributed by atoms with Gasteiger partial charge in [-0.3, -0.25) is 15.4 Å². The van der Waals surface area contributed by atoms with Gasteiger partial charge in [-0.25, -0.2) is 0 Å². The fraction of sp³-hybridized carbons (Fsp3) is 0.417. The molecule has 0 bridgehead atoms. The molecule has 0 aliphatic carbocycles. The van der Waals surface area contributed by atoms with Crippen LogP contribution in [0.15, 0.2) is 18.2 Å². The van der Waals surface area contributed by atoms with Gasteiger partial charge in [0, 0.05) is 12.1 Å². The van der Waals surface area contributed by atoms with Gasteiger partial charge in [0.05, 0.1) is 11.0 Å². The number of nitro groups is 1. The molecule has 18 heavy (non-hydrogen) atoms. The molecule has 96 valence electrons. The summed E-state index contributed by atoms with van der Waals surface area (Å²) in [5.74, 6) is 0.539. The van der Waals surface area contributed by atoms with Gasteiger partial charge in [0.1, 0.15) is 17.9 Å². The van der Waals surface area contributed by atoms with Crippen LogP contribution in [0.3, 0.4) is 0 Å². The van der Waals surface area contributed by atoms with Gasteiger partial charge in [-0.2, -0.15) is 5.26 Å². The summed E-state index contributed by atoms with van der Waals surface area (Å²) in [7, 11) is 1.68. The number of nitrogens with zero attached hydrogens (tertiary/aromatic N) is 2. The van der Waals surface area contributed by atoms with Crippen molar-refractivity contribution in [3.63, 3.8) is 0 Å². The quantitative estimate of drug-likeness (QED) is 0.634. The summed E-state index contributed by atoms with van der Waals surface area (Å²) in [5, 5.41) is 22.4. The van der Waals surface area contributed by atoms with Gasteiger partial charge in [-0.15, -0.1) is 0 Å². The monoisotopic (exact) mass is 249 g/mol. The van der Waals surface area contributed by atoms with Crippen LogP contribution >= 0.6 is 0 Å². The van der Waals surface area contributed by atoms with E-state index in [1.807, 2.05) is 0 Å². The lowest BCUT2D eigenvalue weighted by Gasteiger charge is -2.21. The molecule has 0 aliphatic heterocycles. The first-order valence-electron chi connectivity index (χ1n) is 5.40. The molecule has 0 amide bonds. The van der Waals surface area contributed by atoms with Crippen LogP contribution in [0.4, 0.5) is 5.69 Å². The maximum absolute atomic E-state index is 10.6. The molecule has 6 heteroatoms. The summed E-state index contributed by atoms with van der Waals surface area (Å²) in [5.41, 5.74) is -0.0918. The Morgan fingerprint density at radius 1 is 1.61 bits per heavy atom. The Labute approximate surface area is 105 Å². The Bertz CT molecular complexity index is 496. The van der Waals surface area contributed by atoms with E-state index in [9.17, 15) is 10.1 Å². The third-order valence-corrected chi connectivity index (χ3v) is 2.68. The highest BCUT2D eigenvalue weighted by molar-refractivity contribution is 5.43. The maximum atomic E-state index is 10.6. The third kappa shape index (κ3) is 3.18. The normalized spacial score (nSPS) is 13.4. The number of nitro benzene ring substituents is 1. The van der Waals surface area contributed by atoms with Gasteiger partial charge in [0.25, 0.3) is 5.69 Å². The number of likely N-dealkylation sites (N-methyl/N-ethyl adjacent to an activating group) is 1. The third-order valence-electron chi connectivity index (χ3n) is 2.68. The summed E-state index contributed by atoms with van der Waals surface area (Å²) in [6.07, 6.45) is 0. The number of nitriles is 1. The van der Waals surface area contributed by atoms with Crippen molar-refractivity contribution in [2.45, 2.75) is 19.4 Å². The van der Waals surface area contributed by atoms with Crippen LogP contribution in [0.25, 0.3) is 0 Å². The zero-order valence-electron chi connectivity index (χ0n) is 10.6. The van der Waals surface area contributed by atoms with Gasteiger partial charge in [-0.05, 0) is 32.5 Å². The first-order valence-corrected chi connectivity index (χ1v) is 5.40. The standard InChI is InChI=1S/C12H15N3O3/c1-9-6-10(15(16)17)4-5-11(9)18-8-12(2,7-13)14-3/h4-6,14H,8H2,1-3H3. The van der Waals surface area contributed by atoms with Gasteiger partial charge in [0.2, 0.25) is 0 Å². The number of nitrogens with one attached hydrogen (secondary N) is 1. The highest BCUT2D eigenvalue weighted by atomic mass is 16.6. The number of rotatable bonds is 5. The van der Waals surface area contributed by atoms with Crippen molar-refractivity contribution in [1.29, 1.82) is 5.26 Å². The minimum absolute atomic E-state index is 0.0245. The van der Waals surface area contributed by atoms with Crippen LogP contribution in [0.5, 0.6) is 5.75 Å². The number of benzene rings is 1. The fourth-order valence-electron chi connectivity index (χ4n) is 1.29. The minimum atomic E-state index is -0.784. The molecule has 1 N–H and O–H groups in total. The average molecular weight is 249 g/mol. The minimum Gasteiger partial charge on any atom is -0.490 e. The van der Waals surface area contributed by atoms with E-state index in [4.69, 9.17) is 10.00 Å². The molecule has 0 saturated carbocycles. The van der Waals surface area contributed by atoms with Crippen LogP contribution in [0, 0.1) is 28.4 Å². The molecule has 0 spiro atoms. The topological polar surface area (TPSA) is 88.2 Å². The molecule has 0 saturated heterocycles. The fourth-order valence-corrected chi connectivity index (χ4v) is 1.29. The van der Waals surface area contributed by atoms with E-state index >= 15 is 0 Å². The lowest BCUT2D eigenvalue weighted by Crippen LogP contribution is -2.43. The summed E-state index contributed by atoms with van der Waals surface area (Å²) in [4.78, 5) is 10.1. The first-order chi connectivity index (χ1) is 8.41. The van der Waals surface area contributed by atoms with E-state index in [0.29, 0.717) is 11.3 Å². The predicted molar refractivity (Wildman–Crippen MR) is 66.4 cm³/mol. The van der Waals surface area contributed by atoms with Crippen LogP contribution in [-0.4, -0.2) is 24.1 Å². The summed E-state index contributed by atoms with van der Waals surface area (Å²) >= 11 is 0. The molecule has 6 nitrogen and oxygen atoms in total. The zero-order chi connectivity index (χ0) is 13.8. The molecule has 0 aliphatic rings. The van der Waals surface area contributed by atoms with E-state index in [1.54, 1.807) is 27.0 Å². The van der Waals surface area contributed by atoms with Crippen LogP contribution < -0.4 is 10.1 Å². The van der Waals surface area contributed by atoms with Crippen molar-refractivity contribution in [2.24, 2.45) is 0 Å². The van der Waals surface area contributed by atoms with E-state index in [-0.39, 0.29) is 12.3 Å². The van der Waals surface area contributed by atoms with E-state index in [2.05, 4.69) is 11.4 Å².